The number of nitrogens with zero attached hydrogens (tertiary/aromatic N) is 3. The lowest BCUT2D eigenvalue weighted by Gasteiger charge is -2.48. The van der Waals surface area contributed by atoms with E-state index in [1.54, 1.807) is 0 Å². The van der Waals surface area contributed by atoms with Gasteiger partial charge in [0.15, 0.2) is 0 Å². The first-order chi connectivity index (χ1) is 16.3. The summed E-state index contributed by atoms with van der Waals surface area (Å²) in [7, 11) is -2.13. The molecule has 33 heavy (non-hydrogen) atoms. The molecule has 0 N–H and O–H groups in total. The highest BCUT2D eigenvalue weighted by Gasteiger charge is 2.42. The van der Waals surface area contributed by atoms with E-state index < -0.39 is 7.21 Å². The summed E-state index contributed by atoms with van der Waals surface area (Å²) in [5, 5.41) is 1.39. The number of allylic oxidation sites excluding steroid dienone is 2. The van der Waals surface area contributed by atoms with Gasteiger partial charge in [-0.3, -0.25) is 4.67 Å². The molecule has 2 heterocycles. The van der Waals surface area contributed by atoms with Gasteiger partial charge in [-0.15, -0.1) is 0 Å². The Morgan fingerprint density at radius 2 is 1.52 bits per heavy atom. The van der Waals surface area contributed by atoms with E-state index in [1.807, 2.05) is 0 Å². The van der Waals surface area contributed by atoms with Gasteiger partial charge in [-0.05, 0) is 66.1 Å². The number of hydrogen-bond acceptors (Lipinski definition) is 4. The molecule has 1 aliphatic carbocycles. The SMILES string of the molecule is Ic1ccc(N=[P@](c2ccccc2)([C@@H]2CCCC=C2N2CCOCC2)N2CCOCC2)cc1. The zero-order valence-electron chi connectivity index (χ0n) is 19.1. The molecule has 0 spiro atoms. The van der Waals surface area contributed by atoms with Crippen molar-refractivity contribution in [3.8, 4) is 0 Å². The van der Waals surface area contributed by atoms with Gasteiger partial charge < -0.3 is 14.4 Å². The van der Waals surface area contributed by atoms with Crippen LogP contribution >= 0.6 is 29.8 Å². The van der Waals surface area contributed by atoms with Crippen LogP contribution < -0.4 is 5.30 Å². The molecule has 2 atom stereocenters. The summed E-state index contributed by atoms with van der Waals surface area (Å²) in [6.07, 6.45) is 6.07. The summed E-state index contributed by atoms with van der Waals surface area (Å²) in [5.41, 5.74) is 2.98. The highest BCUT2D eigenvalue weighted by molar-refractivity contribution is 14.1. The van der Waals surface area contributed by atoms with E-state index in [2.05, 4.69) is 92.8 Å². The molecule has 0 bridgehead atoms. The van der Waals surface area contributed by atoms with Crippen molar-refractivity contribution in [2.45, 2.75) is 24.9 Å². The van der Waals surface area contributed by atoms with Crippen LogP contribution in [0, 0.1) is 3.57 Å². The molecule has 2 aromatic carbocycles. The molecule has 0 unspecified atom stereocenters. The number of ether oxygens (including phenoxy) is 2. The minimum absolute atomic E-state index is 0.393. The lowest BCUT2D eigenvalue weighted by Crippen LogP contribution is -2.45. The van der Waals surface area contributed by atoms with Crippen LogP contribution in [0.1, 0.15) is 19.3 Å². The fourth-order valence-electron chi connectivity index (χ4n) is 5.29. The van der Waals surface area contributed by atoms with E-state index in [1.165, 1.54) is 27.4 Å². The monoisotopic (exact) mass is 577 g/mol. The largest absolute Gasteiger partial charge is 0.379 e. The Hall–Kier alpha value is -1.18. The van der Waals surface area contributed by atoms with E-state index in [9.17, 15) is 0 Å². The number of morpholine rings is 2. The third-order valence-electron chi connectivity index (χ3n) is 6.84. The Bertz CT molecular complexity index is 1000. The molecule has 5 rings (SSSR count). The predicted molar refractivity (Wildman–Crippen MR) is 145 cm³/mol. The number of benzene rings is 2. The molecule has 0 aromatic heterocycles. The van der Waals surface area contributed by atoms with Crippen LogP contribution in [0.4, 0.5) is 5.69 Å². The van der Waals surface area contributed by atoms with E-state index in [0.717, 1.165) is 64.7 Å². The van der Waals surface area contributed by atoms with E-state index in [0.29, 0.717) is 5.66 Å². The maximum Gasteiger partial charge on any atom is 0.0756 e. The molecule has 7 heteroatoms. The second kappa shape index (κ2) is 11.0. The minimum Gasteiger partial charge on any atom is -0.379 e. The molecule has 2 aromatic rings. The first kappa shape index (κ1) is 23.6. The van der Waals surface area contributed by atoms with Crippen molar-refractivity contribution in [2.75, 3.05) is 52.6 Å². The second-order valence-electron chi connectivity index (χ2n) is 8.80. The Morgan fingerprint density at radius 1 is 0.848 bits per heavy atom. The summed E-state index contributed by atoms with van der Waals surface area (Å²) < 4.78 is 21.2. The second-order valence-corrected chi connectivity index (χ2v) is 13.3. The van der Waals surface area contributed by atoms with Crippen molar-refractivity contribution in [3.63, 3.8) is 0 Å². The highest BCUT2D eigenvalue weighted by atomic mass is 127. The summed E-state index contributed by atoms with van der Waals surface area (Å²) in [4.78, 5) is 2.59. The smallest absolute Gasteiger partial charge is 0.0756 e. The Morgan fingerprint density at radius 3 is 2.21 bits per heavy atom. The maximum absolute atomic E-state index is 5.82. The molecule has 0 amide bonds. The van der Waals surface area contributed by atoms with Crippen LogP contribution in [0.15, 0.2) is 71.1 Å². The molecule has 2 fully saturated rings. The van der Waals surface area contributed by atoms with Gasteiger partial charge in [0.25, 0.3) is 0 Å². The summed E-state index contributed by atoms with van der Waals surface area (Å²) in [5.74, 6) is 0. The van der Waals surface area contributed by atoms with Gasteiger partial charge in [0, 0.05) is 40.8 Å². The molecule has 3 aliphatic rings. The van der Waals surface area contributed by atoms with Crippen molar-refractivity contribution >= 4 is 40.8 Å². The Labute approximate surface area is 211 Å². The van der Waals surface area contributed by atoms with Crippen LogP contribution in [-0.4, -0.2) is 67.8 Å². The molecular weight excluding hydrogens is 544 g/mol. The topological polar surface area (TPSA) is 37.3 Å². The third kappa shape index (κ3) is 5.10. The predicted octanol–water partition coefficient (Wildman–Crippen LogP) is 5.47. The van der Waals surface area contributed by atoms with E-state index in [4.69, 9.17) is 14.2 Å². The number of hydrogen-bond donors (Lipinski definition) is 0. The zero-order valence-corrected chi connectivity index (χ0v) is 22.2. The number of rotatable bonds is 5. The summed E-state index contributed by atoms with van der Waals surface area (Å²) in [6.45, 7) is 7.00. The van der Waals surface area contributed by atoms with Crippen molar-refractivity contribution < 1.29 is 9.47 Å². The molecule has 2 saturated heterocycles. The third-order valence-corrected chi connectivity index (χ3v) is 11.8. The van der Waals surface area contributed by atoms with Gasteiger partial charge in [-0.1, -0.05) is 36.4 Å². The van der Waals surface area contributed by atoms with Gasteiger partial charge in [-0.2, -0.15) is 0 Å². The fraction of sp³-hybridized carbons (Fsp3) is 0.462. The fourth-order valence-corrected chi connectivity index (χ4v) is 10.2. The molecular formula is C26H33IN3O2P. The molecule has 5 nitrogen and oxygen atoms in total. The average Bonchev–Trinajstić information content (AvgIpc) is 2.90. The first-order valence-electron chi connectivity index (χ1n) is 12.1. The Balaban J connectivity index is 1.72. The summed E-state index contributed by atoms with van der Waals surface area (Å²) >= 11 is 2.38. The van der Waals surface area contributed by atoms with Crippen molar-refractivity contribution in [2.24, 2.45) is 4.74 Å². The molecule has 0 radical (unpaired) electrons. The van der Waals surface area contributed by atoms with Crippen LogP contribution in [0.3, 0.4) is 0 Å². The minimum atomic E-state index is -2.13. The first-order valence-corrected chi connectivity index (χ1v) is 14.9. The van der Waals surface area contributed by atoms with E-state index in [-0.39, 0.29) is 0 Å². The van der Waals surface area contributed by atoms with Crippen LogP contribution in [-0.2, 0) is 9.47 Å². The highest BCUT2D eigenvalue weighted by Crippen LogP contribution is 2.63. The Kier molecular flexibility index (Phi) is 7.88. The summed E-state index contributed by atoms with van der Waals surface area (Å²) in [6, 6.07) is 19.9. The van der Waals surface area contributed by atoms with Gasteiger partial charge >= 0.3 is 0 Å². The molecule has 2 aliphatic heterocycles. The molecule has 0 saturated carbocycles. The van der Waals surface area contributed by atoms with Crippen molar-refractivity contribution in [1.29, 1.82) is 0 Å². The van der Waals surface area contributed by atoms with E-state index >= 15 is 0 Å². The zero-order chi connectivity index (χ0) is 22.5. The van der Waals surface area contributed by atoms with Gasteiger partial charge in [0.1, 0.15) is 0 Å². The van der Waals surface area contributed by atoms with Crippen LogP contribution in [0.25, 0.3) is 0 Å². The van der Waals surface area contributed by atoms with Crippen LogP contribution in [0.5, 0.6) is 0 Å². The maximum atomic E-state index is 5.82. The quantitative estimate of drug-likeness (QED) is 0.349. The van der Waals surface area contributed by atoms with Crippen molar-refractivity contribution in [1.82, 2.24) is 9.57 Å². The van der Waals surface area contributed by atoms with Crippen molar-refractivity contribution in [3.05, 3.63) is 69.9 Å². The average molecular weight is 577 g/mol. The lowest BCUT2D eigenvalue weighted by atomic mass is 10.0. The molecule has 176 valence electrons. The normalized spacial score (nSPS) is 24.1. The lowest BCUT2D eigenvalue weighted by molar-refractivity contribution is 0.0510. The standard InChI is InChI=1S/C26H33IN3O2P/c27-22-10-12-23(13-11-22)28-33(24-6-2-1-3-7-24,30-16-20-32-21-17-30)26-9-5-4-8-25(26)29-14-18-31-19-15-29/h1-3,6-8,10-13,26H,4-5,9,14-21H2/t26-,33+/m1/s1. The van der Waals surface area contributed by atoms with Gasteiger partial charge in [0.05, 0.1) is 45.0 Å². The number of halogens is 1. The van der Waals surface area contributed by atoms with Gasteiger partial charge in [0.2, 0.25) is 0 Å². The van der Waals surface area contributed by atoms with Crippen LogP contribution in [0.2, 0.25) is 0 Å². The van der Waals surface area contributed by atoms with Gasteiger partial charge in [-0.25, -0.2) is 4.74 Å².